The highest BCUT2D eigenvalue weighted by molar-refractivity contribution is 5.35. The molecule has 0 radical (unpaired) electrons. The first-order chi connectivity index (χ1) is 8.81. The lowest BCUT2D eigenvalue weighted by Crippen LogP contribution is -2.19. The third-order valence-electron chi connectivity index (χ3n) is 2.71. The van der Waals surface area contributed by atoms with Crippen LogP contribution in [0.15, 0.2) is 54.6 Å². The number of benzene rings is 2. The second-order valence-corrected chi connectivity index (χ2v) is 3.97. The predicted octanol–water partition coefficient (Wildman–Crippen LogP) is 2.77. The van der Waals surface area contributed by atoms with Gasteiger partial charge in [0.25, 0.3) is 0 Å². The van der Waals surface area contributed by atoms with Crippen LogP contribution in [0.4, 0.5) is 0 Å². The van der Waals surface area contributed by atoms with Crippen molar-refractivity contribution in [3.8, 4) is 11.5 Å². The van der Waals surface area contributed by atoms with Crippen LogP contribution in [0.3, 0.4) is 0 Å². The first kappa shape index (κ1) is 12.5. The predicted molar refractivity (Wildman–Crippen MR) is 71.9 cm³/mol. The second kappa shape index (κ2) is 6.07. The lowest BCUT2D eigenvalue weighted by Gasteiger charge is -2.16. The Labute approximate surface area is 107 Å². The first-order valence-electron chi connectivity index (χ1n) is 5.87. The van der Waals surface area contributed by atoms with Gasteiger partial charge in [0.2, 0.25) is 0 Å². The van der Waals surface area contributed by atoms with Gasteiger partial charge in [-0.05, 0) is 18.2 Å². The number of nitrogens with two attached hydrogens (primary N) is 1. The van der Waals surface area contributed by atoms with E-state index in [1.165, 1.54) is 0 Å². The number of hydrogen-bond acceptors (Lipinski definition) is 3. The average Bonchev–Trinajstić information content (AvgIpc) is 2.45. The normalized spacial score (nSPS) is 11.9. The SMILES string of the molecule is COc1ccccc1C(N)COc1ccccc1. The third-order valence-corrected chi connectivity index (χ3v) is 2.71. The van der Waals surface area contributed by atoms with E-state index in [2.05, 4.69) is 0 Å². The van der Waals surface area contributed by atoms with Gasteiger partial charge in [-0.1, -0.05) is 36.4 Å². The molecule has 2 rings (SSSR count). The highest BCUT2D eigenvalue weighted by Gasteiger charge is 2.11. The van der Waals surface area contributed by atoms with Crippen LogP contribution in [-0.2, 0) is 0 Å². The quantitative estimate of drug-likeness (QED) is 0.878. The van der Waals surface area contributed by atoms with Crippen molar-refractivity contribution in [3.63, 3.8) is 0 Å². The van der Waals surface area contributed by atoms with E-state index in [0.717, 1.165) is 17.1 Å². The van der Waals surface area contributed by atoms with E-state index in [4.69, 9.17) is 15.2 Å². The molecule has 0 aliphatic carbocycles. The van der Waals surface area contributed by atoms with E-state index in [9.17, 15) is 0 Å². The van der Waals surface area contributed by atoms with E-state index in [1.807, 2.05) is 54.6 Å². The highest BCUT2D eigenvalue weighted by atomic mass is 16.5. The van der Waals surface area contributed by atoms with Crippen LogP contribution in [0.25, 0.3) is 0 Å². The molecule has 18 heavy (non-hydrogen) atoms. The molecule has 0 saturated carbocycles. The summed E-state index contributed by atoms with van der Waals surface area (Å²) in [6, 6.07) is 17.2. The molecule has 1 atom stereocenters. The minimum atomic E-state index is -0.207. The lowest BCUT2D eigenvalue weighted by molar-refractivity contribution is 0.286. The van der Waals surface area contributed by atoms with E-state index in [1.54, 1.807) is 7.11 Å². The summed E-state index contributed by atoms with van der Waals surface area (Å²) >= 11 is 0. The van der Waals surface area contributed by atoms with Crippen molar-refractivity contribution in [2.24, 2.45) is 5.73 Å². The Morgan fingerprint density at radius 3 is 2.39 bits per heavy atom. The maximum atomic E-state index is 6.11. The zero-order valence-corrected chi connectivity index (χ0v) is 10.4. The first-order valence-corrected chi connectivity index (χ1v) is 5.87. The molecule has 1 unspecified atom stereocenters. The van der Waals surface area contributed by atoms with Crippen molar-refractivity contribution in [1.29, 1.82) is 0 Å². The average molecular weight is 243 g/mol. The molecule has 0 amide bonds. The molecule has 0 spiro atoms. The van der Waals surface area contributed by atoms with Crippen LogP contribution in [-0.4, -0.2) is 13.7 Å². The van der Waals surface area contributed by atoms with Crippen LogP contribution < -0.4 is 15.2 Å². The monoisotopic (exact) mass is 243 g/mol. The van der Waals surface area contributed by atoms with Crippen molar-refractivity contribution in [2.45, 2.75) is 6.04 Å². The molecule has 2 aromatic rings. The van der Waals surface area contributed by atoms with E-state index < -0.39 is 0 Å². The summed E-state index contributed by atoms with van der Waals surface area (Å²) in [5.41, 5.74) is 7.07. The van der Waals surface area contributed by atoms with Gasteiger partial charge in [0, 0.05) is 5.56 Å². The number of rotatable bonds is 5. The number of hydrogen-bond donors (Lipinski definition) is 1. The molecule has 0 aromatic heterocycles. The van der Waals surface area contributed by atoms with Crippen LogP contribution in [0.5, 0.6) is 11.5 Å². The van der Waals surface area contributed by atoms with Crippen molar-refractivity contribution < 1.29 is 9.47 Å². The fraction of sp³-hybridized carbons (Fsp3) is 0.200. The van der Waals surface area contributed by atoms with Crippen molar-refractivity contribution in [2.75, 3.05) is 13.7 Å². The zero-order chi connectivity index (χ0) is 12.8. The molecule has 0 aliphatic heterocycles. The van der Waals surface area contributed by atoms with Crippen LogP contribution in [0.2, 0.25) is 0 Å². The van der Waals surface area contributed by atoms with Gasteiger partial charge in [-0.3, -0.25) is 0 Å². The molecule has 0 bridgehead atoms. The van der Waals surface area contributed by atoms with E-state index in [-0.39, 0.29) is 6.04 Å². The highest BCUT2D eigenvalue weighted by Crippen LogP contribution is 2.23. The molecule has 0 heterocycles. The molecule has 2 aromatic carbocycles. The largest absolute Gasteiger partial charge is 0.496 e. The Balaban J connectivity index is 2.01. The van der Waals surface area contributed by atoms with Gasteiger partial charge in [-0.2, -0.15) is 0 Å². The van der Waals surface area contributed by atoms with Crippen molar-refractivity contribution in [3.05, 3.63) is 60.2 Å². The molecule has 0 fully saturated rings. The summed E-state index contributed by atoms with van der Waals surface area (Å²) in [5.74, 6) is 1.62. The van der Waals surface area contributed by atoms with Crippen molar-refractivity contribution in [1.82, 2.24) is 0 Å². The maximum Gasteiger partial charge on any atom is 0.123 e. The zero-order valence-electron chi connectivity index (χ0n) is 10.4. The molecule has 0 aliphatic rings. The Morgan fingerprint density at radius 1 is 1.00 bits per heavy atom. The number of ether oxygens (including phenoxy) is 2. The van der Waals surface area contributed by atoms with Crippen molar-refractivity contribution >= 4 is 0 Å². The van der Waals surface area contributed by atoms with Gasteiger partial charge < -0.3 is 15.2 Å². The Hall–Kier alpha value is -2.00. The molecular weight excluding hydrogens is 226 g/mol. The summed E-state index contributed by atoms with van der Waals surface area (Å²) in [5, 5.41) is 0. The smallest absolute Gasteiger partial charge is 0.123 e. The fourth-order valence-electron chi connectivity index (χ4n) is 1.77. The van der Waals surface area contributed by atoms with Gasteiger partial charge in [0.1, 0.15) is 18.1 Å². The molecule has 2 N–H and O–H groups in total. The Kier molecular flexibility index (Phi) is 4.20. The summed E-state index contributed by atoms with van der Waals surface area (Å²) in [4.78, 5) is 0. The molecule has 3 heteroatoms. The van der Waals surface area contributed by atoms with E-state index >= 15 is 0 Å². The second-order valence-electron chi connectivity index (χ2n) is 3.97. The standard InChI is InChI=1S/C15H17NO2/c1-17-15-10-6-5-9-13(15)14(16)11-18-12-7-3-2-4-8-12/h2-10,14H,11,16H2,1H3. The molecule has 94 valence electrons. The van der Waals surface area contributed by atoms with Gasteiger partial charge in [-0.15, -0.1) is 0 Å². The van der Waals surface area contributed by atoms with Gasteiger partial charge in [0.05, 0.1) is 13.2 Å². The van der Waals surface area contributed by atoms with Gasteiger partial charge >= 0.3 is 0 Å². The molecule has 3 nitrogen and oxygen atoms in total. The van der Waals surface area contributed by atoms with Crippen LogP contribution in [0, 0.1) is 0 Å². The summed E-state index contributed by atoms with van der Waals surface area (Å²) in [6.45, 7) is 0.421. The number of para-hydroxylation sites is 2. The molecule has 0 saturated heterocycles. The Bertz CT molecular complexity index is 485. The third kappa shape index (κ3) is 3.02. The minimum Gasteiger partial charge on any atom is -0.496 e. The number of methoxy groups -OCH3 is 1. The summed E-state index contributed by atoms with van der Waals surface area (Å²) in [6.07, 6.45) is 0. The lowest BCUT2D eigenvalue weighted by atomic mass is 10.1. The summed E-state index contributed by atoms with van der Waals surface area (Å²) < 4.78 is 10.9. The summed E-state index contributed by atoms with van der Waals surface area (Å²) in [7, 11) is 1.64. The minimum absolute atomic E-state index is 0.207. The van der Waals surface area contributed by atoms with Crippen LogP contribution >= 0.6 is 0 Å². The van der Waals surface area contributed by atoms with Gasteiger partial charge in [0.15, 0.2) is 0 Å². The molecular formula is C15H17NO2. The fourth-order valence-corrected chi connectivity index (χ4v) is 1.77. The van der Waals surface area contributed by atoms with E-state index in [0.29, 0.717) is 6.61 Å². The Morgan fingerprint density at radius 2 is 1.67 bits per heavy atom. The topological polar surface area (TPSA) is 44.5 Å². The maximum absolute atomic E-state index is 6.11. The van der Waals surface area contributed by atoms with Gasteiger partial charge in [-0.25, -0.2) is 0 Å². The van der Waals surface area contributed by atoms with Crippen LogP contribution in [0.1, 0.15) is 11.6 Å².